The van der Waals surface area contributed by atoms with E-state index in [2.05, 4.69) is 5.32 Å². The van der Waals surface area contributed by atoms with Gasteiger partial charge in [-0.15, -0.1) is 11.6 Å². The van der Waals surface area contributed by atoms with Crippen molar-refractivity contribution < 1.29 is 13.6 Å². The highest BCUT2D eigenvalue weighted by Gasteiger charge is 2.23. The van der Waals surface area contributed by atoms with Gasteiger partial charge in [-0.05, 0) is 37.0 Å². The molecule has 1 aromatic rings. The minimum Gasteiger partial charge on any atom is -0.352 e. The van der Waals surface area contributed by atoms with Crippen molar-refractivity contribution in [1.82, 2.24) is 5.32 Å². The van der Waals surface area contributed by atoms with Gasteiger partial charge in [0.25, 0.3) is 5.91 Å². The van der Waals surface area contributed by atoms with E-state index in [1.165, 1.54) is 6.07 Å². The molecule has 1 saturated carbocycles. The average Bonchev–Trinajstić information content (AvgIpc) is 2.40. The van der Waals surface area contributed by atoms with Crippen molar-refractivity contribution in [1.29, 1.82) is 0 Å². The maximum Gasteiger partial charge on any atom is 0.251 e. The Hall–Kier alpha value is -1.16. The minimum absolute atomic E-state index is 0.0824. The van der Waals surface area contributed by atoms with Crippen LogP contribution in [0, 0.1) is 17.6 Å². The van der Waals surface area contributed by atoms with E-state index in [1.807, 2.05) is 0 Å². The van der Waals surface area contributed by atoms with Crippen LogP contribution in [0.3, 0.4) is 0 Å². The Morgan fingerprint density at radius 2 is 2.00 bits per heavy atom. The molecule has 0 aliphatic heterocycles. The van der Waals surface area contributed by atoms with Gasteiger partial charge in [0.1, 0.15) is 0 Å². The van der Waals surface area contributed by atoms with Gasteiger partial charge in [0.2, 0.25) is 0 Å². The predicted molar refractivity (Wildman–Crippen MR) is 70.3 cm³/mol. The fourth-order valence-corrected chi connectivity index (χ4v) is 2.72. The smallest absolute Gasteiger partial charge is 0.251 e. The Morgan fingerprint density at radius 3 is 2.68 bits per heavy atom. The maximum absolute atomic E-state index is 13.0. The molecule has 2 rings (SSSR count). The van der Waals surface area contributed by atoms with Gasteiger partial charge in [-0.25, -0.2) is 8.78 Å². The topological polar surface area (TPSA) is 29.1 Å². The van der Waals surface area contributed by atoms with Crippen LogP contribution in [0.5, 0.6) is 0 Å². The molecule has 2 atom stereocenters. The quantitative estimate of drug-likeness (QED) is 0.847. The summed E-state index contributed by atoms with van der Waals surface area (Å²) in [6.45, 7) is 0.478. The van der Waals surface area contributed by atoms with E-state index in [0.29, 0.717) is 6.54 Å². The zero-order valence-corrected chi connectivity index (χ0v) is 11.2. The van der Waals surface area contributed by atoms with Crippen molar-refractivity contribution in [3.8, 4) is 0 Å². The van der Waals surface area contributed by atoms with Crippen LogP contribution in [0.25, 0.3) is 0 Å². The highest BCUT2D eigenvalue weighted by Crippen LogP contribution is 2.28. The average molecular weight is 288 g/mol. The summed E-state index contributed by atoms with van der Waals surface area (Å²) in [6, 6.07) is 3.13. The van der Waals surface area contributed by atoms with Crippen molar-refractivity contribution in [2.24, 2.45) is 5.92 Å². The Bertz CT molecular complexity index is 467. The van der Waals surface area contributed by atoms with Crippen LogP contribution < -0.4 is 5.32 Å². The lowest BCUT2D eigenvalue weighted by molar-refractivity contribution is 0.0943. The molecule has 104 valence electrons. The molecule has 1 aromatic carbocycles. The van der Waals surface area contributed by atoms with Crippen molar-refractivity contribution in [2.45, 2.75) is 31.1 Å². The largest absolute Gasteiger partial charge is 0.352 e. The highest BCUT2D eigenvalue weighted by atomic mass is 35.5. The maximum atomic E-state index is 13.0. The summed E-state index contributed by atoms with van der Waals surface area (Å²) in [5.41, 5.74) is 0.126. The zero-order valence-electron chi connectivity index (χ0n) is 10.5. The summed E-state index contributed by atoms with van der Waals surface area (Å²) in [6.07, 6.45) is 4.20. The number of rotatable bonds is 3. The van der Waals surface area contributed by atoms with Crippen LogP contribution in [0.15, 0.2) is 18.2 Å². The van der Waals surface area contributed by atoms with Crippen LogP contribution in [0.2, 0.25) is 0 Å². The molecule has 1 aliphatic rings. The molecule has 19 heavy (non-hydrogen) atoms. The number of amides is 1. The molecule has 0 spiro atoms. The van der Waals surface area contributed by atoms with E-state index < -0.39 is 17.5 Å². The first kappa shape index (κ1) is 14.3. The lowest BCUT2D eigenvalue weighted by Crippen LogP contribution is -2.34. The van der Waals surface area contributed by atoms with Gasteiger partial charge in [0.15, 0.2) is 11.6 Å². The van der Waals surface area contributed by atoms with Crippen molar-refractivity contribution >= 4 is 17.5 Å². The molecule has 1 fully saturated rings. The van der Waals surface area contributed by atoms with Crippen molar-refractivity contribution in [3.05, 3.63) is 35.4 Å². The molecular formula is C14H16ClF2NO. The number of carbonyl (C=O) groups excluding carboxylic acids is 1. The lowest BCUT2D eigenvalue weighted by atomic mass is 9.88. The lowest BCUT2D eigenvalue weighted by Gasteiger charge is -2.27. The van der Waals surface area contributed by atoms with Gasteiger partial charge in [-0.3, -0.25) is 4.79 Å². The monoisotopic (exact) mass is 287 g/mol. The second kappa shape index (κ2) is 6.33. The summed E-state index contributed by atoms with van der Waals surface area (Å²) >= 11 is 6.20. The molecule has 2 nitrogen and oxygen atoms in total. The number of carbonyl (C=O) groups is 1. The summed E-state index contributed by atoms with van der Waals surface area (Å²) in [7, 11) is 0. The summed E-state index contributed by atoms with van der Waals surface area (Å²) in [4.78, 5) is 11.8. The molecule has 0 radical (unpaired) electrons. The molecular weight excluding hydrogens is 272 g/mol. The van der Waals surface area contributed by atoms with Gasteiger partial charge in [0.05, 0.1) is 0 Å². The number of hydrogen-bond donors (Lipinski definition) is 1. The van der Waals surface area contributed by atoms with Gasteiger partial charge in [0, 0.05) is 17.5 Å². The Kier molecular flexibility index (Phi) is 4.75. The van der Waals surface area contributed by atoms with Crippen LogP contribution in [0.1, 0.15) is 36.0 Å². The van der Waals surface area contributed by atoms with Crippen LogP contribution in [0.4, 0.5) is 8.78 Å². The fourth-order valence-electron chi connectivity index (χ4n) is 2.36. The second-order valence-corrected chi connectivity index (χ2v) is 5.46. The predicted octanol–water partition coefficient (Wildman–Crippen LogP) is 3.49. The second-order valence-electron chi connectivity index (χ2n) is 4.90. The Balaban J connectivity index is 1.91. The first-order valence-corrected chi connectivity index (χ1v) is 6.89. The van der Waals surface area contributed by atoms with Crippen LogP contribution in [-0.4, -0.2) is 17.8 Å². The normalized spacial score (nSPS) is 23.1. The molecule has 0 saturated heterocycles. The fraction of sp³-hybridized carbons (Fsp3) is 0.500. The molecule has 1 aliphatic carbocycles. The Morgan fingerprint density at radius 1 is 1.26 bits per heavy atom. The summed E-state index contributed by atoms with van der Waals surface area (Å²) in [5, 5.41) is 2.82. The molecule has 2 unspecified atom stereocenters. The number of alkyl halides is 1. The standard InChI is InChI=1S/C14H16ClF2NO/c15-11-4-2-1-3-10(11)8-18-14(19)9-5-6-12(16)13(17)7-9/h5-7,10-11H,1-4,8H2,(H,18,19). The number of nitrogens with one attached hydrogen (secondary N) is 1. The van der Waals surface area contributed by atoms with E-state index in [1.54, 1.807) is 0 Å². The minimum atomic E-state index is -1.01. The number of benzene rings is 1. The van der Waals surface area contributed by atoms with E-state index >= 15 is 0 Å². The molecule has 5 heteroatoms. The Labute approximate surface area is 116 Å². The van der Waals surface area contributed by atoms with Gasteiger partial charge >= 0.3 is 0 Å². The number of halogens is 3. The van der Waals surface area contributed by atoms with E-state index in [0.717, 1.165) is 37.8 Å². The van der Waals surface area contributed by atoms with Crippen LogP contribution >= 0.6 is 11.6 Å². The molecule has 0 aromatic heterocycles. The zero-order chi connectivity index (χ0) is 13.8. The summed E-state index contributed by atoms with van der Waals surface area (Å²) < 4.78 is 25.8. The first-order valence-electron chi connectivity index (χ1n) is 6.45. The highest BCUT2D eigenvalue weighted by molar-refractivity contribution is 6.20. The van der Waals surface area contributed by atoms with Crippen molar-refractivity contribution in [2.75, 3.05) is 6.54 Å². The first-order chi connectivity index (χ1) is 9.08. The summed E-state index contributed by atoms with van der Waals surface area (Å²) in [5.74, 6) is -2.11. The van der Waals surface area contributed by atoms with E-state index in [-0.39, 0.29) is 16.9 Å². The third kappa shape index (κ3) is 3.66. The van der Waals surface area contributed by atoms with Gasteiger partial charge in [-0.2, -0.15) is 0 Å². The van der Waals surface area contributed by atoms with Gasteiger partial charge < -0.3 is 5.32 Å². The van der Waals surface area contributed by atoms with E-state index in [4.69, 9.17) is 11.6 Å². The third-order valence-corrected chi connectivity index (χ3v) is 4.10. The molecule has 1 N–H and O–H groups in total. The molecule has 0 bridgehead atoms. The SMILES string of the molecule is O=C(NCC1CCCCC1Cl)c1ccc(F)c(F)c1. The van der Waals surface area contributed by atoms with Gasteiger partial charge in [-0.1, -0.05) is 12.8 Å². The van der Waals surface area contributed by atoms with E-state index in [9.17, 15) is 13.6 Å². The van der Waals surface area contributed by atoms with Crippen molar-refractivity contribution in [3.63, 3.8) is 0 Å². The third-order valence-electron chi connectivity index (χ3n) is 3.52. The molecule has 0 heterocycles. The number of hydrogen-bond acceptors (Lipinski definition) is 1. The van der Waals surface area contributed by atoms with Crippen LogP contribution in [-0.2, 0) is 0 Å². The molecule has 1 amide bonds.